The lowest BCUT2D eigenvalue weighted by molar-refractivity contribution is 0.911. The van der Waals surface area contributed by atoms with Gasteiger partial charge >= 0.3 is 0 Å². The van der Waals surface area contributed by atoms with Crippen LogP contribution < -0.4 is 0 Å². The maximum atomic E-state index is 4.41. The highest BCUT2D eigenvalue weighted by Crippen LogP contribution is 2.29. The summed E-state index contributed by atoms with van der Waals surface area (Å²) >= 11 is 1.76. The van der Waals surface area contributed by atoms with E-state index < -0.39 is 0 Å². The molecule has 3 nitrogen and oxygen atoms in total. The summed E-state index contributed by atoms with van der Waals surface area (Å²) in [6, 6.07) is 10.9. The Morgan fingerprint density at radius 1 is 1.00 bits per heavy atom. The number of pyridine rings is 1. The molecule has 0 unspecified atom stereocenters. The van der Waals surface area contributed by atoms with Crippen molar-refractivity contribution in [3.8, 4) is 0 Å². The summed E-state index contributed by atoms with van der Waals surface area (Å²) in [6.45, 7) is 0. The molecular weight excluding hydrogens is 278 g/mol. The van der Waals surface area contributed by atoms with Gasteiger partial charge < -0.3 is 0 Å². The van der Waals surface area contributed by atoms with Crippen molar-refractivity contribution in [3.05, 3.63) is 59.5 Å². The van der Waals surface area contributed by atoms with Crippen LogP contribution in [0, 0.1) is 0 Å². The van der Waals surface area contributed by atoms with Crippen molar-refractivity contribution in [3.63, 3.8) is 0 Å². The van der Waals surface area contributed by atoms with Gasteiger partial charge in [-0.15, -0.1) is 11.8 Å². The van der Waals surface area contributed by atoms with Crippen LogP contribution in [0.1, 0.15) is 23.1 Å². The van der Waals surface area contributed by atoms with E-state index in [-0.39, 0.29) is 0 Å². The van der Waals surface area contributed by atoms with Crippen molar-refractivity contribution in [1.29, 1.82) is 0 Å². The third-order valence-corrected chi connectivity index (χ3v) is 4.99. The fourth-order valence-corrected chi connectivity index (χ4v) is 3.77. The monoisotopic (exact) mass is 293 g/mol. The topological polar surface area (TPSA) is 38.7 Å². The molecule has 0 fully saturated rings. The number of thioether (sulfide) groups is 1. The number of aromatic nitrogens is 3. The van der Waals surface area contributed by atoms with Crippen LogP contribution in [0.5, 0.6) is 0 Å². The van der Waals surface area contributed by atoms with Gasteiger partial charge in [0, 0.05) is 11.9 Å². The number of nitrogens with zero attached hydrogens (tertiary/aromatic N) is 3. The summed E-state index contributed by atoms with van der Waals surface area (Å²) in [4.78, 5) is 12.9. The highest BCUT2D eigenvalue weighted by molar-refractivity contribution is 7.98. The Balaban J connectivity index is 1.58. The van der Waals surface area contributed by atoms with E-state index in [0.29, 0.717) is 0 Å². The summed E-state index contributed by atoms with van der Waals surface area (Å²) in [5, 5.41) is 2.04. The van der Waals surface area contributed by atoms with Crippen LogP contribution in [0.2, 0.25) is 0 Å². The molecule has 0 spiro atoms. The van der Waals surface area contributed by atoms with Crippen molar-refractivity contribution in [2.24, 2.45) is 0 Å². The molecule has 0 aliphatic heterocycles. The lowest BCUT2D eigenvalue weighted by atomic mass is 10.1. The normalized spacial score (nSPS) is 13.5. The molecule has 2 aromatic heterocycles. The van der Waals surface area contributed by atoms with Crippen LogP contribution in [0.15, 0.2) is 47.9 Å². The Morgan fingerprint density at radius 2 is 1.95 bits per heavy atom. The first-order valence-electron chi connectivity index (χ1n) is 7.19. The van der Waals surface area contributed by atoms with Crippen LogP contribution in [0.3, 0.4) is 0 Å². The van der Waals surface area contributed by atoms with E-state index in [1.54, 1.807) is 24.3 Å². The lowest BCUT2D eigenvalue weighted by Crippen LogP contribution is -1.91. The number of hydrogen-bond acceptors (Lipinski definition) is 4. The Morgan fingerprint density at radius 3 is 2.95 bits per heavy atom. The van der Waals surface area contributed by atoms with Crippen LogP contribution in [0.4, 0.5) is 0 Å². The maximum absolute atomic E-state index is 4.41. The minimum Gasteiger partial charge on any atom is -0.237 e. The van der Waals surface area contributed by atoms with Crippen LogP contribution >= 0.6 is 11.8 Å². The predicted octanol–water partition coefficient (Wildman–Crippen LogP) is 3.81. The number of aryl methyl sites for hydroxylation is 2. The summed E-state index contributed by atoms with van der Waals surface area (Å²) in [7, 11) is 0. The molecule has 21 heavy (non-hydrogen) atoms. The number of fused-ring (bicyclic) bond motifs is 2. The van der Waals surface area contributed by atoms with Gasteiger partial charge in [-0.2, -0.15) is 0 Å². The molecule has 4 rings (SSSR count). The molecule has 1 aromatic carbocycles. The Kier molecular flexibility index (Phi) is 3.31. The molecule has 3 aromatic rings. The Hall–Kier alpha value is -1.94. The number of benzene rings is 1. The molecule has 2 heterocycles. The average molecular weight is 293 g/mol. The van der Waals surface area contributed by atoms with Crippen molar-refractivity contribution < 1.29 is 0 Å². The zero-order valence-corrected chi connectivity index (χ0v) is 12.4. The molecule has 0 bridgehead atoms. The van der Waals surface area contributed by atoms with E-state index in [2.05, 4.69) is 33.2 Å². The Bertz CT molecular complexity index is 796. The minimum atomic E-state index is 0.768. The fourth-order valence-electron chi connectivity index (χ4n) is 2.85. The van der Waals surface area contributed by atoms with E-state index in [9.17, 15) is 0 Å². The first-order valence-corrected chi connectivity index (χ1v) is 8.18. The van der Waals surface area contributed by atoms with Gasteiger partial charge in [-0.05, 0) is 48.1 Å². The van der Waals surface area contributed by atoms with Crippen molar-refractivity contribution in [2.45, 2.75) is 30.0 Å². The van der Waals surface area contributed by atoms with Gasteiger partial charge in [0.15, 0.2) is 5.65 Å². The molecule has 104 valence electrons. The molecule has 0 radical (unpaired) electrons. The van der Waals surface area contributed by atoms with E-state index in [4.69, 9.17) is 0 Å². The Labute approximate surface area is 127 Å². The first kappa shape index (κ1) is 12.8. The molecular formula is C17H15N3S. The zero-order valence-electron chi connectivity index (χ0n) is 11.6. The summed E-state index contributed by atoms with van der Waals surface area (Å²) in [5.41, 5.74) is 5.20. The van der Waals surface area contributed by atoms with Gasteiger partial charge in [0.1, 0.15) is 11.4 Å². The second kappa shape index (κ2) is 5.45. The molecule has 1 aliphatic rings. The fraction of sp³-hybridized carbons (Fsp3) is 0.235. The standard InChI is InChI=1S/C17H15N3S/c1-3-13-7-6-12(9-14(13)4-1)10-21-17-15-5-2-8-18-16(15)19-11-20-17/h2,5-9,11H,1,3-4,10H2. The highest BCUT2D eigenvalue weighted by atomic mass is 32.2. The molecule has 4 heteroatoms. The van der Waals surface area contributed by atoms with Gasteiger partial charge in [-0.25, -0.2) is 15.0 Å². The summed E-state index contributed by atoms with van der Waals surface area (Å²) in [5.74, 6) is 0.939. The molecule has 1 aliphatic carbocycles. The van der Waals surface area contributed by atoms with Crippen LogP contribution in [-0.4, -0.2) is 15.0 Å². The van der Waals surface area contributed by atoms with Gasteiger partial charge in [0.05, 0.1) is 5.39 Å². The van der Waals surface area contributed by atoms with E-state index in [1.165, 1.54) is 36.0 Å². The third-order valence-electron chi connectivity index (χ3n) is 3.91. The third kappa shape index (κ3) is 2.51. The predicted molar refractivity (Wildman–Crippen MR) is 85.4 cm³/mol. The van der Waals surface area contributed by atoms with E-state index in [1.807, 2.05) is 12.1 Å². The lowest BCUT2D eigenvalue weighted by Gasteiger charge is -2.06. The SMILES string of the molecule is c1cnc2ncnc(SCc3ccc4c(c3)CCC4)c2c1. The summed E-state index contributed by atoms with van der Waals surface area (Å²) in [6.07, 6.45) is 7.14. The number of rotatable bonds is 3. The zero-order chi connectivity index (χ0) is 14.1. The largest absolute Gasteiger partial charge is 0.237 e. The van der Waals surface area contributed by atoms with Crippen LogP contribution in [0.25, 0.3) is 11.0 Å². The van der Waals surface area contributed by atoms with Gasteiger partial charge in [-0.3, -0.25) is 0 Å². The second-order valence-corrected chi connectivity index (χ2v) is 6.26. The smallest absolute Gasteiger partial charge is 0.163 e. The van der Waals surface area contributed by atoms with Crippen molar-refractivity contribution in [2.75, 3.05) is 0 Å². The maximum Gasteiger partial charge on any atom is 0.163 e. The van der Waals surface area contributed by atoms with Crippen molar-refractivity contribution >= 4 is 22.8 Å². The second-order valence-electron chi connectivity index (χ2n) is 5.30. The minimum absolute atomic E-state index is 0.768. The van der Waals surface area contributed by atoms with Gasteiger partial charge in [0.25, 0.3) is 0 Å². The van der Waals surface area contributed by atoms with Crippen LogP contribution in [-0.2, 0) is 18.6 Å². The highest BCUT2D eigenvalue weighted by Gasteiger charge is 2.11. The summed E-state index contributed by atoms with van der Waals surface area (Å²) < 4.78 is 0. The first-order chi connectivity index (χ1) is 10.4. The molecule has 0 amide bonds. The molecule has 0 saturated heterocycles. The van der Waals surface area contributed by atoms with E-state index >= 15 is 0 Å². The van der Waals surface area contributed by atoms with Crippen molar-refractivity contribution in [1.82, 2.24) is 15.0 Å². The average Bonchev–Trinajstić information content (AvgIpc) is 3.00. The van der Waals surface area contributed by atoms with E-state index in [0.717, 1.165) is 21.8 Å². The van der Waals surface area contributed by atoms with Gasteiger partial charge in [0.2, 0.25) is 0 Å². The molecule has 0 saturated carbocycles. The molecule has 0 atom stereocenters. The molecule has 0 N–H and O–H groups in total. The number of hydrogen-bond donors (Lipinski definition) is 0. The quantitative estimate of drug-likeness (QED) is 0.544. The van der Waals surface area contributed by atoms with Gasteiger partial charge in [-0.1, -0.05) is 18.2 Å².